The molecule has 0 saturated carbocycles. The largest absolute Gasteiger partial charge is 0.492 e. The number of hydrogen-bond acceptors (Lipinski definition) is 6. The van der Waals surface area contributed by atoms with Crippen molar-refractivity contribution in [3.8, 4) is 11.8 Å². The van der Waals surface area contributed by atoms with Crippen LogP contribution in [-0.2, 0) is 9.53 Å². The highest BCUT2D eigenvalue weighted by Crippen LogP contribution is 2.24. The molecule has 1 unspecified atom stereocenters. The number of nitriles is 1. The summed E-state index contributed by atoms with van der Waals surface area (Å²) in [5.74, 6) is 0.352. The Morgan fingerprint density at radius 3 is 2.73 bits per heavy atom. The number of pyridine rings is 1. The van der Waals surface area contributed by atoms with Crippen LogP contribution in [0, 0.1) is 11.3 Å². The number of nitrogens with one attached hydrogen (secondary N) is 1. The van der Waals surface area contributed by atoms with Crippen LogP contribution >= 0.6 is 11.6 Å². The number of aromatic nitrogens is 1. The minimum absolute atomic E-state index is 0.0110. The van der Waals surface area contributed by atoms with Gasteiger partial charge in [-0.05, 0) is 42.3 Å². The highest BCUT2D eigenvalue weighted by Gasteiger charge is 2.18. The van der Waals surface area contributed by atoms with E-state index in [-0.39, 0.29) is 11.6 Å². The van der Waals surface area contributed by atoms with E-state index in [1.807, 2.05) is 48.5 Å². The maximum atomic E-state index is 13.0. The first-order valence-electron chi connectivity index (χ1n) is 12.6. The molecular weight excluding hydrogens is 488 g/mol. The third-order valence-electron chi connectivity index (χ3n) is 6.29. The molecule has 1 amide bonds. The van der Waals surface area contributed by atoms with Gasteiger partial charge in [0.2, 0.25) is 0 Å². The number of halogens is 1. The minimum Gasteiger partial charge on any atom is -0.492 e. The third-order valence-corrected chi connectivity index (χ3v) is 6.60. The summed E-state index contributed by atoms with van der Waals surface area (Å²) >= 11 is 6.27. The smallest absolute Gasteiger partial charge is 0.262 e. The predicted octanol–water partition coefficient (Wildman–Crippen LogP) is 5.16. The lowest BCUT2D eigenvalue weighted by Gasteiger charge is -2.26. The summed E-state index contributed by atoms with van der Waals surface area (Å²) < 4.78 is 11.3. The Hall–Kier alpha value is -3.44. The van der Waals surface area contributed by atoms with Crippen LogP contribution in [0.2, 0.25) is 5.02 Å². The molecule has 1 aromatic heterocycles. The van der Waals surface area contributed by atoms with Crippen molar-refractivity contribution in [3.63, 3.8) is 0 Å². The molecule has 4 rings (SSSR count). The number of ether oxygens (including phenoxy) is 2. The van der Waals surface area contributed by atoms with Crippen molar-refractivity contribution in [3.05, 3.63) is 76.5 Å². The van der Waals surface area contributed by atoms with Crippen LogP contribution in [-0.4, -0.2) is 55.2 Å². The number of rotatable bonds is 10. The summed E-state index contributed by atoms with van der Waals surface area (Å²) in [5.41, 5.74) is 2.08. The number of para-hydroxylation sites is 1. The van der Waals surface area contributed by atoms with Crippen LogP contribution in [0.15, 0.2) is 60.2 Å². The molecule has 1 N–H and O–H groups in total. The first-order valence-corrected chi connectivity index (χ1v) is 13.0. The van der Waals surface area contributed by atoms with Crippen LogP contribution in [0.5, 0.6) is 5.75 Å². The number of carbonyl (C=O) groups is 1. The molecule has 2 aromatic carbocycles. The summed E-state index contributed by atoms with van der Waals surface area (Å²) in [6.07, 6.45) is 3.11. The Morgan fingerprint density at radius 2 is 2.00 bits per heavy atom. The average Bonchev–Trinajstić information content (AvgIpc) is 2.93. The fraction of sp³-hybridized carbons (Fsp3) is 0.345. The van der Waals surface area contributed by atoms with Crippen molar-refractivity contribution >= 4 is 34.5 Å². The predicted molar refractivity (Wildman–Crippen MR) is 145 cm³/mol. The van der Waals surface area contributed by atoms with Gasteiger partial charge in [0.25, 0.3) is 5.91 Å². The lowest BCUT2D eigenvalue weighted by atomic mass is 10.0. The third kappa shape index (κ3) is 7.30. The zero-order valence-corrected chi connectivity index (χ0v) is 21.7. The van der Waals surface area contributed by atoms with E-state index < -0.39 is 5.91 Å². The maximum Gasteiger partial charge on any atom is 0.262 e. The van der Waals surface area contributed by atoms with E-state index in [0.29, 0.717) is 22.8 Å². The number of amides is 1. The molecule has 1 fully saturated rings. The summed E-state index contributed by atoms with van der Waals surface area (Å²) in [6.45, 7) is 6.95. The normalized spacial score (nSPS) is 15.2. The molecule has 1 aliphatic heterocycles. The summed E-state index contributed by atoms with van der Waals surface area (Å²) in [7, 11) is 0. The number of benzene rings is 2. The molecule has 0 bridgehead atoms. The fourth-order valence-electron chi connectivity index (χ4n) is 4.26. The van der Waals surface area contributed by atoms with E-state index in [1.54, 1.807) is 12.1 Å². The van der Waals surface area contributed by atoms with Gasteiger partial charge in [-0.2, -0.15) is 5.26 Å². The number of fused-ring (bicyclic) bond motifs is 1. The van der Waals surface area contributed by atoms with E-state index in [1.165, 1.54) is 6.08 Å². The first-order chi connectivity index (χ1) is 18.1. The Kier molecular flexibility index (Phi) is 9.50. The van der Waals surface area contributed by atoms with E-state index >= 15 is 0 Å². The molecule has 7 nitrogen and oxygen atoms in total. The molecular formula is C29H31ClN4O3. The highest BCUT2D eigenvalue weighted by molar-refractivity contribution is 6.35. The second-order valence-electron chi connectivity index (χ2n) is 8.90. The van der Waals surface area contributed by atoms with Gasteiger partial charge in [0.15, 0.2) is 0 Å². The molecule has 2 heterocycles. The van der Waals surface area contributed by atoms with Gasteiger partial charge in [-0.1, -0.05) is 55.3 Å². The lowest BCUT2D eigenvalue weighted by Crippen LogP contribution is -2.38. The molecule has 1 saturated heterocycles. The Morgan fingerprint density at radius 1 is 1.22 bits per heavy atom. The number of hydrogen-bond donors (Lipinski definition) is 1. The van der Waals surface area contributed by atoms with Crippen molar-refractivity contribution in [1.82, 2.24) is 15.2 Å². The Balaban J connectivity index is 1.40. The number of carbonyl (C=O) groups excluding carboxylic acids is 1. The quantitative estimate of drug-likeness (QED) is 0.294. The Labute approximate surface area is 222 Å². The van der Waals surface area contributed by atoms with Gasteiger partial charge in [0.05, 0.1) is 35.5 Å². The second kappa shape index (κ2) is 13.2. The standard InChI is InChI=1S/C29H31ClN4O3/c1-2-4-27(21-8-11-25(12-9-21)37-18-15-34-13-16-36-17-14-34)33-29(35)23(20-31)19-24-10-7-22-5-3-6-26(30)28(22)32-24/h3,5-12,19,27H,2,4,13-18H2,1H3,(H,33,35)/b23-19+. The maximum absolute atomic E-state index is 13.0. The van der Waals surface area contributed by atoms with Crippen molar-refractivity contribution in [2.45, 2.75) is 25.8 Å². The Bertz CT molecular complexity index is 1280. The number of nitrogens with zero attached hydrogens (tertiary/aromatic N) is 3. The van der Waals surface area contributed by atoms with Crippen molar-refractivity contribution in [2.75, 3.05) is 39.5 Å². The molecule has 0 spiro atoms. The van der Waals surface area contributed by atoms with Gasteiger partial charge in [0, 0.05) is 25.0 Å². The van der Waals surface area contributed by atoms with Crippen LogP contribution < -0.4 is 10.1 Å². The molecule has 8 heteroatoms. The highest BCUT2D eigenvalue weighted by atomic mass is 35.5. The molecule has 1 atom stereocenters. The number of morpholine rings is 1. The van der Waals surface area contributed by atoms with Crippen LogP contribution in [0.1, 0.15) is 37.1 Å². The molecule has 0 radical (unpaired) electrons. The van der Waals surface area contributed by atoms with Gasteiger partial charge in [-0.15, -0.1) is 0 Å². The average molecular weight is 519 g/mol. The van der Waals surface area contributed by atoms with Crippen LogP contribution in [0.4, 0.5) is 0 Å². The van der Waals surface area contributed by atoms with Crippen LogP contribution in [0.3, 0.4) is 0 Å². The zero-order chi connectivity index (χ0) is 26.0. The first kappa shape index (κ1) is 26.6. The zero-order valence-electron chi connectivity index (χ0n) is 21.0. The summed E-state index contributed by atoms with van der Waals surface area (Å²) in [4.78, 5) is 19.9. The molecule has 1 aliphatic rings. The fourth-order valence-corrected chi connectivity index (χ4v) is 4.49. The van der Waals surface area contributed by atoms with E-state index in [9.17, 15) is 10.1 Å². The van der Waals surface area contributed by atoms with Crippen molar-refractivity contribution < 1.29 is 14.3 Å². The topological polar surface area (TPSA) is 87.5 Å². The van der Waals surface area contributed by atoms with Gasteiger partial charge >= 0.3 is 0 Å². The van der Waals surface area contributed by atoms with Crippen LogP contribution in [0.25, 0.3) is 17.0 Å². The van der Waals surface area contributed by atoms with Gasteiger partial charge < -0.3 is 14.8 Å². The summed E-state index contributed by atoms with van der Waals surface area (Å²) in [6, 6.07) is 18.7. The van der Waals surface area contributed by atoms with Gasteiger partial charge in [0.1, 0.15) is 24.0 Å². The summed E-state index contributed by atoms with van der Waals surface area (Å²) in [5, 5.41) is 14.1. The molecule has 192 valence electrons. The van der Waals surface area contributed by atoms with E-state index in [4.69, 9.17) is 21.1 Å². The van der Waals surface area contributed by atoms with Crippen molar-refractivity contribution in [1.29, 1.82) is 5.26 Å². The SMILES string of the molecule is CCCC(NC(=O)/C(C#N)=C/c1ccc2cccc(Cl)c2n1)c1ccc(OCCN2CCOCC2)cc1. The van der Waals surface area contributed by atoms with E-state index in [0.717, 1.165) is 62.4 Å². The van der Waals surface area contributed by atoms with Gasteiger partial charge in [-0.3, -0.25) is 9.69 Å². The van der Waals surface area contributed by atoms with Crippen molar-refractivity contribution in [2.24, 2.45) is 0 Å². The molecule has 3 aromatic rings. The molecule has 37 heavy (non-hydrogen) atoms. The second-order valence-corrected chi connectivity index (χ2v) is 9.31. The molecule has 0 aliphatic carbocycles. The minimum atomic E-state index is -0.437. The van der Waals surface area contributed by atoms with Gasteiger partial charge in [-0.25, -0.2) is 4.98 Å². The monoisotopic (exact) mass is 518 g/mol. The lowest BCUT2D eigenvalue weighted by molar-refractivity contribution is -0.117. The van der Waals surface area contributed by atoms with E-state index in [2.05, 4.69) is 22.1 Å².